The van der Waals surface area contributed by atoms with Crippen LogP contribution in [0.2, 0.25) is 0 Å². The minimum Gasteiger partial charge on any atom is -0.497 e. The second kappa shape index (κ2) is 8.22. The number of aromatic nitrogens is 2. The van der Waals surface area contributed by atoms with Crippen molar-refractivity contribution in [3.05, 3.63) is 35.5 Å². The average Bonchev–Trinajstić information content (AvgIpc) is 3.14. The van der Waals surface area contributed by atoms with E-state index in [1.54, 1.807) is 12.0 Å². The molecule has 29 heavy (non-hydrogen) atoms. The largest absolute Gasteiger partial charge is 0.497 e. The Morgan fingerprint density at radius 3 is 2.59 bits per heavy atom. The van der Waals surface area contributed by atoms with Gasteiger partial charge in [0.1, 0.15) is 11.4 Å². The van der Waals surface area contributed by atoms with Crippen LogP contribution in [0, 0.1) is 0 Å². The van der Waals surface area contributed by atoms with Crippen LogP contribution in [-0.2, 0) is 11.2 Å². The van der Waals surface area contributed by atoms with Gasteiger partial charge in [-0.25, -0.2) is 0 Å². The molecule has 0 bridgehead atoms. The summed E-state index contributed by atoms with van der Waals surface area (Å²) in [5.41, 5.74) is 2.00. The highest BCUT2D eigenvalue weighted by molar-refractivity contribution is 6.08. The maximum atomic E-state index is 12.9. The van der Waals surface area contributed by atoms with Crippen LogP contribution in [-0.4, -0.2) is 85.2 Å². The highest BCUT2D eigenvalue weighted by Gasteiger charge is 2.30. The summed E-state index contributed by atoms with van der Waals surface area (Å²) in [6.45, 7) is 4.53. The Bertz CT molecular complexity index is 886. The van der Waals surface area contributed by atoms with Crippen molar-refractivity contribution < 1.29 is 14.3 Å². The second-order valence-corrected chi connectivity index (χ2v) is 7.46. The second-order valence-electron chi connectivity index (χ2n) is 7.46. The van der Waals surface area contributed by atoms with Crippen molar-refractivity contribution in [1.29, 1.82) is 0 Å². The molecule has 0 spiro atoms. The molecule has 2 aliphatic heterocycles. The van der Waals surface area contributed by atoms with Crippen LogP contribution in [0.4, 0.5) is 11.5 Å². The van der Waals surface area contributed by atoms with Crippen LogP contribution in [0.15, 0.2) is 24.3 Å². The van der Waals surface area contributed by atoms with Crippen molar-refractivity contribution in [2.24, 2.45) is 0 Å². The van der Waals surface area contributed by atoms with Crippen LogP contribution >= 0.6 is 0 Å². The number of nitrogens with one attached hydrogen (secondary N) is 2. The minimum absolute atomic E-state index is 0.103. The van der Waals surface area contributed by atoms with Crippen molar-refractivity contribution in [3.63, 3.8) is 0 Å². The summed E-state index contributed by atoms with van der Waals surface area (Å²) in [6, 6.07) is 7.37. The van der Waals surface area contributed by atoms with Crippen LogP contribution < -0.4 is 15.0 Å². The van der Waals surface area contributed by atoms with Gasteiger partial charge in [0.15, 0.2) is 5.82 Å². The third kappa shape index (κ3) is 4.10. The normalized spacial score (nSPS) is 17.9. The van der Waals surface area contributed by atoms with E-state index >= 15 is 0 Å². The molecule has 0 unspecified atom stereocenters. The lowest BCUT2D eigenvalue weighted by Crippen LogP contribution is -2.47. The molecular weight excluding hydrogens is 372 g/mol. The number of ether oxygens (including phenoxy) is 1. The highest BCUT2D eigenvalue weighted by Crippen LogP contribution is 2.28. The van der Waals surface area contributed by atoms with E-state index in [0.717, 1.165) is 43.2 Å². The molecule has 2 N–H and O–H groups in total. The van der Waals surface area contributed by atoms with Gasteiger partial charge in [0.05, 0.1) is 13.7 Å². The molecule has 1 fully saturated rings. The van der Waals surface area contributed by atoms with Crippen LogP contribution in [0.5, 0.6) is 5.75 Å². The Hall–Kier alpha value is -2.91. The topological polar surface area (TPSA) is 93.8 Å². The monoisotopic (exact) mass is 398 g/mol. The number of likely N-dealkylation sites (N-methyl/N-ethyl adjacent to an activating group) is 1. The van der Waals surface area contributed by atoms with E-state index in [1.807, 2.05) is 24.3 Å². The van der Waals surface area contributed by atoms with Gasteiger partial charge in [0, 0.05) is 44.0 Å². The van der Waals surface area contributed by atoms with Gasteiger partial charge in [-0.3, -0.25) is 19.6 Å². The maximum Gasteiger partial charge on any atom is 0.276 e. The number of hydrogen-bond donors (Lipinski definition) is 2. The number of anilines is 2. The van der Waals surface area contributed by atoms with Gasteiger partial charge in [-0.15, -0.1) is 0 Å². The summed E-state index contributed by atoms with van der Waals surface area (Å²) in [6.07, 6.45) is 0.619. The van der Waals surface area contributed by atoms with Crippen molar-refractivity contribution in [1.82, 2.24) is 20.0 Å². The summed E-state index contributed by atoms with van der Waals surface area (Å²) in [4.78, 5) is 31.4. The van der Waals surface area contributed by atoms with E-state index in [9.17, 15) is 9.59 Å². The highest BCUT2D eigenvalue weighted by atomic mass is 16.5. The molecule has 0 atom stereocenters. The predicted molar refractivity (Wildman–Crippen MR) is 110 cm³/mol. The molecule has 1 aromatic carbocycles. The van der Waals surface area contributed by atoms with Crippen LogP contribution in [0.1, 0.15) is 16.1 Å². The van der Waals surface area contributed by atoms with E-state index in [4.69, 9.17) is 4.74 Å². The quantitative estimate of drug-likeness (QED) is 0.774. The lowest BCUT2D eigenvalue weighted by molar-refractivity contribution is -0.117. The fraction of sp³-hybridized carbons (Fsp3) is 0.450. The molecule has 1 aromatic heterocycles. The van der Waals surface area contributed by atoms with E-state index in [2.05, 4.69) is 32.4 Å². The number of carbonyl (C=O) groups excluding carboxylic acids is 2. The molecule has 2 amide bonds. The smallest absolute Gasteiger partial charge is 0.276 e. The first-order chi connectivity index (χ1) is 14.0. The number of methoxy groups -OCH3 is 1. The summed E-state index contributed by atoms with van der Waals surface area (Å²) in [7, 11) is 3.69. The number of amides is 2. The average molecular weight is 398 g/mol. The van der Waals surface area contributed by atoms with Gasteiger partial charge in [0.2, 0.25) is 5.91 Å². The van der Waals surface area contributed by atoms with Gasteiger partial charge in [-0.2, -0.15) is 5.10 Å². The molecule has 0 aliphatic carbocycles. The third-order valence-electron chi connectivity index (χ3n) is 5.52. The molecule has 0 radical (unpaired) electrons. The zero-order valence-corrected chi connectivity index (χ0v) is 16.8. The van der Waals surface area contributed by atoms with E-state index in [-0.39, 0.29) is 11.8 Å². The van der Waals surface area contributed by atoms with Gasteiger partial charge in [-0.05, 0) is 37.7 Å². The Balaban J connectivity index is 1.42. The first-order valence-corrected chi connectivity index (χ1v) is 9.79. The Morgan fingerprint density at radius 1 is 1.17 bits per heavy atom. The van der Waals surface area contributed by atoms with Gasteiger partial charge in [0.25, 0.3) is 5.91 Å². The summed E-state index contributed by atoms with van der Waals surface area (Å²) >= 11 is 0. The van der Waals surface area contributed by atoms with E-state index < -0.39 is 0 Å². The third-order valence-corrected chi connectivity index (χ3v) is 5.52. The fourth-order valence-electron chi connectivity index (χ4n) is 3.74. The van der Waals surface area contributed by atoms with Crippen molar-refractivity contribution in [2.45, 2.75) is 6.42 Å². The molecule has 9 heteroatoms. The minimum atomic E-state index is -0.150. The summed E-state index contributed by atoms with van der Waals surface area (Å²) in [5.74, 6) is 0.949. The molecule has 2 aliphatic rings. The molecule has 3 heterocycles. The number of carbonyl (C=O) groups is 2. The molecule has 1 saturated heterocycles. The van der Waals surface area contributed by atoms with E-state index in [1.165, 1.54) is 0 Å². The van der Waals surface area contributed by atoms with Crippen molar-refractivity contribution >= 4 is 23.3 Å². The standard InChI is InChI=1S/C20H26N6O3/c1-24-9-11-25(12-10-24)13-17(27)21-19-16-7-8-26(20(28)18(16)22-23-19)14-3-5-15(29-2)6-4-14/h3-6H,7-13H2,1-2H3,(H2,21,22,23,27). The number of fused-ring (bicyclic) bond motifs is 1. The SMILES string of the molecule is COc1ccc(N2CCc3c(NC(=O)CN4CCN(C)CC4)n[nH]c3C2=O)cc1. The van der Waals surface area contributed by atoms with Gasteiger partial charge in [-0.1, -0.05) is 0 Å². The van der Waals surface area contributed by atoms with Crippen LogP contribution in [0.25, 0.3) is 0 Å². The number of benzene rings is 1. The summed E-state index contributed by atoms with van der Waals surface area (Å²) < 4.78 is 5.17. The number of hydrogen-bond acceptors (Lipinski definition) is 6. The number of aromatic amines is 1. The number of piperazine rings is 1. The lowest BCUT2D eigenvalue weighted by atomic mass is 10.1. The molecule has 9 nitrogen and oxygen atoms in total. The number of rotatable bonds is 5. The first kappa shape index (κ1) is 19.4. The Labute approximate surface area is 169 Å². The molecular formula is C20H26N6O3. The van der Waals surface area contributed by atoms with E-state index in [0.29, 0.717) is 31.0 Å². The number of nitrogens with zero attached hydrogens (tertiary/aromatic N) is 4. The van der Waals surface area contributed by atoms with Crippen molar-refractivity contribution in [3.8, 4) is 5.75 Å². The van der Waals surface area contributed by atoms with Gasteiger partial charge >= 0.3 is 0 Å². The fourth-order valence-corrected chi connectivity index (χ4v) is 3.74. The first-order valence-electron chi connectivity index (χ1n) is 9.79. The Morgan fingerprint density at radius 2 is 1.90 bits per heavy atom. The zero-order chi connectivity index (χ0) is 20.4. The predicted octanol–water partition coefficient (Wildman–Crippen LogP) is 0.807. The molecule has 154 valence electrons. The van der Waals surface area contributed by atoms with Gasteiger partial charge < -0.3 is 19.9 Å². The molecule has 4 rings (SSSR count). The maximum absolute atomic E-state index is 12.9. The number of H-pyrrole nitrogens is 1. The molecule has 2 aromatic rings. The Kier molecular flexibility index (Phi) is 5.50. The summed E-state index contributed by atoms with van der Waals surface area (Å²) in [5, 5.41) is 9.88. The van der Waals surface area contributed by atoms with Crippen LogP contribution in [0.3, 0.4) is 0 Å². The lowest BCUT2D eigenvalue weighted by Gasteiger charge is -2.31. The zero-order valence-electron chi connectivity index (χ0n) is 16.8. The molecule has 0 saturated carbocycles. The van der Waals surface area contributed by atoms with Crippen molar-refractivity contribution in [2.75, 3.05) is 63.6 Å².